The van der Waals surface area contributed by atoms with Gasteiger partial charge in [-0.05, 0) is 30.5 Å². The Hall–Kier alpha value is -1.84. The second-order valence-corrected chi connectivity index (χ2v) is 3.36. The number of carboxylic acid groups (broad SMARTS) is 1. The Labute approximate surface area is 87.9 Å². The number of benzene rings is 1. The molecule has 1 aromatic rings. The average molecular weight is 207 g/mol. The van der Waals surface area contributed by atoms with Gasteiger partial charge < -0.3 is 10.4 Å². The predicted octanol–water partition coefficient (Wildman–Crippen LogP) is 1.18. The first-order valence-corrected chi connectivity index (χ1v) is 4.56. The third-order valence-electron chi connectivity index (χ3n) is 2.31. The maximum atomic E-state index is 11.0. The highest BCUT2D eigenvalue weighted by Gasteiger charge is 2.22. The van der Waals surface area contributed by atoms with E-state index in [1.165, 1.54) is 0 Å². The summed E-state index contributed by atoms with van der Waals surface area (Å²) in [7, 11) is 0. The minimum atomic E-state index is -1.06. The van der Waals surface area contributed by atoms with Crippen LogP contribution in [-0.4, -0.2) is 17.5 Å². The molecule has 80 valence electrons. The van der Waals surface area contributed by atoms with Crippen molar-refractivity contribution in [3.05, 3.63) is 34.9 Å². The second-order valence-electron chi connectivity index (χ2n) is 3.36. The largest absolute Gasteiger partial charge is 0.479 e. The first-order chi connectivity index (χ1) is 7.07. The third kappa shape index (κ3) is 2.34. The van der Waals surface area contributed by atoms with Crippen molar-refractivity contribution in [1.29, 1.82) is 0 Å². The van der Waals surface area contributed by atoms with Gasteiger partial charge in [-0.25, -0.2) is 4.79 Å². The van der Waals surface area contributed by atoms with Crippen LogP contribution in [0.1, 0.15) is 22.7 Å². The Balaban J connectivity index is 3.21. The topological polar surface area (TPSA) is 66.4 Å². The molecule has 0 aromatic heterocycles. The number of nitrogens with one attached hydrogen (secondary N) is 1. The van der Waals surface area contributed by atoms with E-state index in [9.17, 15) is 9.59 Å². The lowest BCUT2D eigenvalue weighted by molar-refractivity contribution is -0.140. The molecule has 15 heavy (non-hydrogen) atoms. The zero-order chi connectivity index (χ0) is 11.4. The summed E-state index contributed by atoms with van der Waals surface area (Å²) >= 11 is 0. The summed E-state index contributed by atoms with van der Waals surface area (Å²) in [6.45, 7) is 3.65. The standard InChI is InChI=1S/C11H13NO3/c1-7-4-3-5-8(2)9(7)10(11(14)15)12-6-13/h3-6,10H,1-2H3,(H,12,13)(H,14,15). The van der Waals surface area contributed by atoms with Crippen molar-refractivity contribution >= 4 is 12.4 Å². The van der Waals surface area contributed by atoms with Crippen molar-refractivity contribution in [1.82, 2.24) is 5.32 Å². The number of rotatable bonds is 4. The maximum absolute atomic E-state index is 11.0. The van der Waals surface area contributed by atoms with Crippen LogP contribution in [-0.2, 0) is 9.59 Å². The number of carbonyl (C=O) groups excluding carboxylic acids is 1. The first-order valence-electron chi connectivity index (χ1n) is 4.56. The summed E-state index contributed by atoms with van der Waals surface area (Å²) < 4.78 is 0. The molecule has 0 aliphatic rings. The molecule has 1 unspecified atom stereocenters. The summed E-state index contributed by atoms with van der Waals surface area (Å²) in [6.07, 6.45) is 0.407. The number of aliphatic carboxylic acids is 1. The summed E-state index contributed by atoms with van der Waals surface area (Å²) in [5, 5.41) is 11.3. The SMILES string of the molecule is Cc1cccc(C)c1C(NC=O)C(=O)O. The van der Waals surface area contributed by atoms with Crippen LogP contribution in [0.5, 0.6) is 0 Å². The normalized spacial score (nSPS) is 11.9. The number of hydrogen-bond donors (Lipinski definition) is 2. The number of carboxylic acids is 1. The van der Waals surface area contributed by atoms with Crippen LogP contribution in [0.2, 0.25) is 0 Å². The van der Waals surface area contributed by atoms with Gasteiger partial charge in [0, 0.05) is 0 Å². The fraction of sp³-hybridized carbons (Fsp3) is 0.273. The summed E-state index contributed by atoms with van der Waals surface area (Å²) in [4.78, 5) is 21.3. The van der Waals surface area contributed by atoms with Gasteiger partial charge in [0.15, 0.2) is 6.04 Å². The van der Waals surface area contributed by atoms with Crippen molar-refractivity contribution in [3.63, 3.8) is 0 Å². The molecule has 1 rings (SSSR count). The number of amides is 1. The molecule has 0 spiro atoms. The van der Waals surface area contributed by atoms with Crippen molar-refractivity contribution in [2.75, 3.05) is 0 Å². The number of aryl methyl sites for hydroxylation is 2. The van der Waals surface area contributed by atoms with Crippen LogP contribution in [0.25, 0.3) is 0 Å². The molecule has 0 saturated heterocycles. The summed E-state index contributed by atoms with van der Waals surface area (Å²) in [5.41, 5.74) is 2.37. The van der Waals surface area contributed by atoms with Crippen LogP contribution in [0, 0.1) is 13.8 Å². The molecule has 0 bridgehead atoms. The fourth-order valence-electron chi connectivity index (χ4n) is 1.63. The quantitative estimate of drug-likeness (QED) is 0.728. The molecular formula is C11H13NO3. The van der Waals surface area contributed by atoms with E-state index in [0.29, 0.717) is 12.0 Å². The van der Waals surface area contributed by atoms with Gasteiger partial charge >= 0.3 is 5.97 Å². The Morgan fingerprint density at radius 1 is 1.40 bits per heavy atom. The highest BCUT2D eigenvalue weighted by molar-refractivity contribution is 5.79. The van der Waals surface area contributed by atoms with Gasteiger partial charge in [-0.3, -0.25) is 4.79 Å². The fourth-order valence-corrected chi connectivity index (χ4v) is 1.63. The first kappa shape index (κ1) is 11.2. The van der Waals surface area contributed by atoms with Crippen molar-refractivity contribution in [2.24, 2.45) is 0 Å². The Kier molecular flexibility index (Phi) is 3.44. The molecule has 1 aromatic carbocycles. The van der Waals surface area contributed by atoms with Crippen molar-refractivity contribution in [3.8, 4) is 0 Å². The van der Waals surface area contributed by atoms with E-state index in [0.717, 1.165) is 11.1 Å². The van der Waals surface area contributed by atoms with Gasteiger partial charge in [-0.15, -0.1) is 0 Å². The van der Waals surface area contributed by atoms with Gasteiger partial charge in [0.05, 0.1) is 0 Å². The van der Waals surface area contributed by atoms with E-state index in [4.69, 9.17) is 5.11 Å². The molecule has 0 radical (unpaired) electrons. The van der Waals surface area contributed by atoms with Crippen LogP contribution in [0.15, 0.2) is 18.2 Å². The highest BCUT2D eigenvalue weighted by atomic mass is 16.4. The van der Waals surface area contributed by atoms with E-state index in [1.807, 2.05) is 32.0 Å². The monoisotopic (exact) mass is 207 g/mol. The van der Waals surface area contributed by atoms with Gasteiger partial charge in [0.25, 0.3) is 0 Å². The van der Waals surface area contributed by atoms with Gasteiger partial charge in [-0.2, -0.15) is 0 Å². The summed E-state index contributed by atoms with van der Waals surface area (Å²) in [6, 6.07) is 4.53. The van der Waals surface area contributed by atoms with Crippen LogP contribution in [0.4, 0.5) is 0 Å². The molecule has 0 fully saturated rings. The third-order valence-corrected chi connectivity index (χ3v) is 2.31. The molecule has 0 aliphatic heterocycles. The highest BCUT2D eigenvalue weighted by Crippen LogP contribution is 2.21. The van der Waals surface area contributed by atoms with Gasteiger partial charge in [-0.1, -0.05) is 18.2 Å². The molecule has 4 nitrogen and oxygen atoms in total. The van der Waals surface area contributed by atoms with E-state index in [2.05, 4.69) is 5.32 Å². The van der Waals surface area contributed by atoms with Crippen LogP contribution < -0.4 is 5.32 Å². The van der Waals surface area contributed by atoms with Gasteiger partial charge in [0.2, 0.25) is 6.41 Å². The minimum absolute atomic E-state index is 0.407. The van der Waals surface area contributed by atoms with E-state index in [1.54, 1.807) is 0 Å². The van der Waals surface area contributed by atoms with Crippen molar-refractivity contribution in [2.45, 2.75) is 19.9 Å². The Bertz CT molecular complexity index is 367. The Morgan fingerprint density at radius 2 is 1.93 bits per heavy atom. The molecule has 2 N–H and O–H groups in total. The minimum Gasteiger partial charge on any atom is -0.479 e. The lowest BCUT2D eigenvalue weighted by atomic mass is 9.96. The van der Waals surface area contributed by atoms with Crippen LogP contribution >= 0.6 is 0 Å². The van der Waals surface area contributed by atoms with E-state index >= 15 is 0 Å². The Morgan fingerprint density at radius 3 is 2.33 bits per heavy atom. The molecule has 1 atom stereocenters. The van der Waals surface area contributed by atoms with Gasteiger partial charge in [0.1, 0.15) is 0 Å². The predicted molar refractivity (Wildman–Crippen MR) is 55.5 cm³/mol. The smallest absolute Gasteiger partial charge is 0.330 e. The second kappa shape index (κ2) is 4.59. The van der Waals surface area contributed by atoms with Crippen LogP contribution in [0.3, 0.4) is 0 Å². The average Bonchev–Trinajstić information content (AvgIpc) is 2.15. The van der Waals surface area contributed by atoms with E-state index in [-0.39, 0.29) is 0 Å². The van der Waals surface area contributed by atoms with E-state index < -0.39 is 12.0 Å². The van der Waals surface area contributed by atoms with Crippen molar-refractivity contribution < 1.29 is 14.7 Å². The number of hydrogen-bond acceptors (Lipinski definition) is 2. The lowest BCUT2D eigenvalue weighted by Crippen LogP contribution is -2.28. The zero-order valence-corrected chi connectivity index (χ0v) is 8.65. The summed E-state index contributed by atoms with van der Waals surface area (Å²) in [5.74, 6) is -1.06. The molecule has 1 amide bonds. The number of carbonyl (C=O) groups is 2. The zero-order valence-electron chi connectivity index (χ0n) is 8.65. The molecule has 0 saturated carbocycles. The molecule has 4 heteroatoms. The lowest BCUT2D eigenvalue weighted by Gasteiger charge is -2.16. The maximum Gasteiger partial charge on any atom is 0.330 e. The molecule has 0 heterocycles. The molecule has 0 aliphatic carbocycles. The molecular weight excluding hydrogens is 194 g/mol.